The Morgan fingerprint density at radius 1 is 1.23 bits per heavy atom. The van der Waals surface area contributed by atoms with Gasteiger partial charge in [0.25, 0.3) is 0 Å². The first-order chi connectivity index (χ1) is 6.38. The van der Waals surface area contributed by atoms with E-state index in [1.165, 1.54) is 12.0 Å². The first-order valence-electron chi connectivity index (χ1n) is 4.92. The van der Waals surface area contributed by atoms with Crippen molar-refractivity contribution in [1.82, 2.24) is 5.32 Å². The Balaban J connectivity index is 2.15. The van der Waals surface area contributed by atoms with E-state index in [2.05, 4.69) is 29.6 Å². The summed E-state index contributed by atoms with van der Waals surface area (Å²) in [5.41, 5.74) is 7.36. The largest absolute Gasteiger partial charge is 0.326 e. The summed E-state index contributed by atoms with van der Waals surface area (Å²) in [6, 6.07) is 11.1. The molecule has 0 amide bonds. The Hall–Kier alpha value is -0.860. The molecule has 1 aromatic carbocycles. The topological polar surface area (TPSA) is 38.0 Å². The molecule has 2 nitrogen and oxygen atoms in total. The van der Waals surface area contributed by atoms with Crippen molar-refractivity contribution in [1.29, 1.82) is 0 Å². The number of benzene rings is 1. The second kappa shape index (κ2) is 3.90. The lowest BCUT2D eigenvalue weighted by atomic mass is 9.93. The summed E-state index contributed by atoms with van der Waals surface area (Å²) in [6.07, 6.45) is 2.33. The van der Waals surface area contributed by atoms with Gasteiger partial charge in [-0.15, -0.1) is 0 Å². The molecule has 2 heteroatoms. The fourth-order valence-electron chi connectivity index (χ4n) is 1.94. The van der Waals surface area contributed by atoms with Crippen LogP contribution in [-0.4, -0.2) is 12.6 Å². The van der Waals surface area contributed by atoms with E-state index in [1.807, 2.05) is 6.07 Å². The van der Waals surface area contributed by atoms with Gasteiger partial charge >= 0.3 is 0 Å². The van der Waals surface area contributed by atoms with Crippen molar-refractivity contribution < 1.29 is 0 Å². The van der Waals surface area contributed by atoms with Crippen LogP contribution in [0.2, 0.25) is 0 Å². The fourth-order valence-corrected chi connectivity index (χ4v) is 1.94. The van der Waals surface area contributed by atoms with Gasteiger partial charge in [0.05, 0.1) is 0 Å². The molecule has 1 aliphatic rings. The van der Waals surface area contributed by atoms with Crippen molar-refractivity contribution in [3.63, 3.8) is 0 Å². The minimum Gasteiger partial charge on any atom is -0.326 e. The molecule has 1 heterocycles. The summed E-state index contributed by atoms with van der Waals surface area (Å²) in [4.78, 5) is 0. The molecule has 13 heavy (non-hydrogen) atoms. The molecule has 0 bridgehead atoms. The van der Waals surface area contributed by atoms with Crippen molar-refractivity contribution in [2.75, 3.05) is 6.54 Å². The molecule has 0 aliphatic carbocycles. The monoisotopic (exact) mass is 176 g/mol. The Bertz CT molecular complexity index is 258. The second-order valence-corrected chi connectivity index (χ2v) is 3.65. The summed E-state index contributed by atoms with van der Waals surface area (Å²) < 4.78 is 0. The van der Waals surface area contributed by atoms with Crippen molar-refractivity contribution in [2.45, 2.75) is 24.9 Å². The van der Waals surface area contributed by atoms with Crippen LogP contribution >= 0.6 is 0 Å². The van der Waals surface area contributed by atoms with Gasteiger partial charge in [-0.25, -0.2) is 0 Å². The molecule has 0 radical (unpaired) electrons. The van der Waals surface area contributed by atoms with Gasteiger partial charge in [-0.05, 0) is 24.9 Å². The second-order valence-electron chi connectivity index (χ2n) is 3.65. The Kier molecular flexibility index (Phi) is 2.62. The summed E-state index contributed by atoms with van der Waals surface area (Å²) >= 11 is 0. The average molecular weight is 176 g/mol. The van der Waals surface area contributed by atoms with Gasteiger partial charge in [-0.2, -0.15) is 0 Å². The molecule has 1 aliphatic heterocycles. The number of nitrogens with one attached hydrogen (secondary N) is 1. The molecular weight excluding hydrogens is 160 g/mol. The zero-order valence-corrected chi connectivity index (χ0v) is 7.74. The molecule has 70 valence electrons. The maximum Gasteiger partial charge on any atom is 0.0473 e. The average Bonchev–Trinajstić information content (AvgIpc) is 2.20. The molecule has 2 rings (SSSR count). The first kappa shape index (κ1) is 8.73. The zero-order valence-electron chi connectivity index (χ0n) is 7.74. The Labute approximate surface area is 79.1 Å². The number of nitrogens with two attached hydrogens (primary N) is 1. The van der Waals surface area contributed by atoms with Crippen LogP contribution in [0.25, 0.3) is 0 Å². The van der Waals surface area contributed by atoms with Crippen molar-refractivity contribution in [3.8, 4) is 0 Å². The first-order valence-corrected chi connectivity index (χ1v) is 4.92. The van der Waals surface area contributed by atoms with E-state index in [0.29, 0.717) is 6.04 Å². The van der Waals surface area contributed by atoms with Gasteiger partial charge in [0.2, 0.25) is 0 Å². The summed E-state index contributed by atoms with van der Waals surface area (Å²) in [5, 5.41) is 3.46. The van der Waals surface area contributed by atoms with Gasteiger partial charge in [0.1, 0.15) is 0 Å². The lowest BCUT2D eigenvalue weighted by Gasteiger charge is -2.30. The van der Waals surface area contributed by atoms with Crippen LogP contribution in [0.5, 0.6) is 0 Å². The fraction of sp³-hybridized carbons (Fsp3) is 0.455. The highest BCUT2D eigenvalue weighted by molar-refractivity contribution is 5.21. The van der Waals surface area contributed by atoms with Crippen LogP contribution in [0, 0.1) is 0 Å². The smallest absolute Gasteiger partial charge is 0.0473 e. The molecule has 1 saturated heterocycles. The minimum atomic E-state index is 0.274. The van der Waals surface area contributed by atoms with E-state index < -0.39 is 0 Å². The van der Waals surface area contributed by atoms with Gasteiger partial charge in [-0.1, -0.05) is 30.3 Å². The van der Waals surface area contributed by atoms with Crippen molar-refractivity contribution >= 4 is 0 Å². The lowest BCUT2D eigenvalue weighted by Crippen LogP contribution is -2.42. The quantitative estimate of drug-likeness (QED) is 0.679. The standard InChI is InChI=1S/C11H16N2/c12-10-7-4-8-13-11(10)9-5-2-1-3-6-9/h1-3,5-6,10-11,13H,4,7-8,12H2/t10?,11-/m0/s1. The Morgan fingerprint density at radius 3 is 2.69 bits per heavy atom. The summed E-state index contributed by atoms with van der Waals surface area (Å²) in [6.45, 7) is 1.09. The van der Waals surface area contributed by atoms with Gasteiger partial charge in [0.15, 0.2) is 0 Å². The number of hydrogen-bond acceptors (Lipinski definition) is 2. The summed E-state index contributed by atoms with van der Waals surface area (Å²) in [5.74, 6) is 0. The molecule has 1 aromatic rings. The van der Waals surface area contributed by atoms with E-state index in [9.17, 15) is 0 Å². The zero-order chi connectivity index (χ0) is 9.10. The van der Waals surface area contributed by atoms with Crippen LogP contribution < -0.4 is 11.1 Å². The molecular formula is C11H16N2. The normalized spacial score (nSPS) is 28.7. The maximum atomic E-state index is 6.05. The number of hydrogen-bond donors (Lipinski definition) is 2. The molecule has 2 atom stereocenters. The van der Waals surface area contributed by atoms with Gasteiger partial charge < -0.3 is 11.1 Å². The van der Waals surface area contributed by atoms with E-state index in [-0.39, 0.29) is 6.04 Å². The third-order valence-corrected chi connectivity index (χ3v) is 2.67. The minimum absolute atomic E-state index is 0.274. The van der Waals surface area contributed by atoms with E-state index in [1.54, 1.807) is 0 Å². The van der Waals surface area contributed by atoms with Crippen LogP contribution in [0.4, 0.5) is 0 Å². The molecule has 1 fully saturated rings. The molecule has 0 aromatic heterocycles. The van der Waals surface area contributed by atoms with Crippen LogP contribution in [0.1, 0.15) is 24.4 Å². The maximum absolute atomic E-state index is 6.05. The van der Waals surface area contributed by atoms with Gasteiger partial charge in [0, 0.05) is 12.1 Å². The van der Waals surface area contributed by atoms with Gasteiger partial charge in [-0.3, -0.25) is 0 Å². The van der Waals surface area contributed by atoms with Crippen LogP contribution in [0.3, 0.4) is 0 Å². The summed E-state index contributed by atoms with van der Waals surface area (Å²) in [7, 11) is 0. The third kappa shape index (κ3) is 1.90. The molecule has 0 spiro atoms. The van der Waals surface area contributed by atoms with E-state index in [0.717, 1.165) is 13.0 Å². The lowest BCUT2D eigenvalue weighted by molar-refractivity contribution is 0.358. The number of piperidine rings is 1. The highest BCUT2D eigenvalue weighted by Crippen LogP contribution is 2.21. The predicted octanol–water partition coefficient (Wildman–Crippen LogP) is 1.44. The van der Waals surface area contributed by atoms with E-state index >= 15 is 0 Å². The highest BCUT2D eigenvalue weighted by atomic mass is 15.0. The van der Waals surface area contributed by atoms with Crippen molar-refractivity contribution in [3.05, 3.63) is 35.9 Å². The molecule has 3 N–H and O–H groups in total. The third-order valence-electron chi connectivity index (χ3n) is 2.67. The highest BCUT2D eigenvalue weighted by Gasteiger charge is 2.21. The van der Waals surface area contributed by atoms with Crippen LogP contribution in [-0.2, 0) is 0 Å². The SMILES string of the molecule is NC1CCCN[C@H]1c1ccccc1. The Morgan fingerprint density at radius 2 is 2.00 bits per heavy atom. The molecule has 1 unspecified atom stereocenters. The van der Waals surface area contributed by atoms with E-state index in [4.69, 9.17) is 5.73 Å². The van der Waals surface area contributed by atoms with Crippen molar-refractivity contribution in [2.24, 2.45) is 5.73 Å². The predicted molar refractivity (Wildman–Crippen MR) is 54.4 cm³/mol. The number of rotatable bonds is 1. The molecule has 0 saturated carbocycles. The van der Waals surface area contributed by atoms with Crippen LogP contribution in [0.15, 0.2) is 30.3 Å².